The van der Waals surface area contributed by atoms with Crippen LogP contribution in [0.2, 0.25) is 0 Å². The number of rotatable bonds is 3. The molecule has 18 heavy (non-hydrogen) atoms. The Balaban J connectivity index is 1.88. The van der Waals surface area contributed by atoms with Crippen molar-refractivity contribution in [3.8, 4) is 11.5 Å². The van der Waals surface area contributed by atoms with Crippen LogP contribution in [0.3, 0.4) is 0 Å². The van der Waals surface area contributed by atoms with Gasteiger partial charge in [0.05, 0.1) is 17.4 Å². The number of hydrogen-bond acceptors (Lipinski definition) is 6. The molecule has 3 rings (SSSR count). The topological polar surface area (TPSA) is 77.8 Å². The molecule has 3 aromatic rings. The highest BCUT2D eigenvalue weighted by molar-refractivity contribution is 7.09. The molecule has 90 valence electrons. The minimum absolute atomic E-state index is 0.432. The van der Waals surface area contributed by atoms with Crippen molar-refractivity contribution >= 4 is 17.0 Å². The molecule has 0 saturated carbocycles. The largest absolute Gasteiger partial charge is 0.397 e. The Morgan fingerprint density at radius 3 is 3.06 bits per heavy atom. The lowest BCUT2D eigenvalue weighted by molar-refractivity contribution is 0.424. The summed E-state index contributed by atoms with van der Waals surface area (Å²) >= 11 is 1.67. The standard InChI is InChI=1S/C12H10N4OS/c13-10-7-14-4-3-9(10)12-15-11(16-17-12)6-8-2-1-5-18-8/h1-5,7H,6,13H2. The van der Waals surface area contributed by atoms with Crippen LogP contribution < -0.4 is 5.73 Å². The van der Waals surface area contributed by atoms with Gasteiger partial charge in [-0.2, -0.15) is 4.98 Å². The van der Waals surface area contributed by atoms with Gasteiger partial charge in [-0.15, -0.1) is 11.3 Å². The SMILES string of the molecule is Nc1cnccc1-c1nc(Cc2cccs2)no1. The summed E-state index contributed by atoms with van der Waals surface area (Å²) < 4.78 is 5.22. The quantitative estimate of drug-likeness (QED) is 0.780. The van der Waals surface area contributed by atoms with Crippen LogP contribution in [0, 0.1) is 0 Å². The molecule has 5 nitrogen and oxygen atoms in total. The summed E-state index contributed by atoms with van der Waals surface area (Å²) in [6.45, 7) is 0. The van der Waals surface area contributed by atoms with Crippen LogP contribution in [0.4, 0.5) is 5.69 Å². The zero-order chi connectivity index (χ0) is 12.4. The van der Waals surface area contributed by atoms with E-state index < -0.39 is 0 Å². The van der Waals surface area contributed by atoms with Crippen molar-refractivity contribution in [1.82, 2.24) is 15.1 Å². The second-order valence-electron chi connectivity index (χ2n) is 3.73. The van der Waals surface area contributed by atoms with Crippen molar-refractivity contribution in [1.29, 1.82) is 0 Å². The zero-order valence-corrected chi connectivity index (χ0v) is 10.2. The number of thiophene rings is 1. The summed E-state index contributed by atoms with van der Waals surface area (Å²) in [7, 11) is 0. The van der Waals surface area contributed by atoms with Gasteiger partial charge < -0.3 is 10.3 Å². The van der Waals surface area contributed by atoms with Gasteiger partial charge in [0.25, 0.3) is 5.89 Å². The van der Waals surface area contributed by atoms with Crippen LogP contribution in [0.15, 0.2) is 40.5 Å². The predicted molar refractivity (Wildman–Crippen MR) is 69.1 cm³/mol. The molecule has 0 amide bonds. The van der Waals surface area contributed by atoms with E-state index >= 15 is 0 Å². The summed E-state index contributed by atoms with van der Waals surface area (Å²) in [5, 5.41) is 5.98. The lowest BCUT2D eigenvalue weighted by Crippen LogP contribution is -1.91. The highest BCUT2D eigenvalue weighted by Gasteiger charge is 2.12. The maximum atomic E-state index is 5.81. The number of nitrogens with two attached hydrogens (primary N) is 1. The highest BCUT2D eigenvalue weighted by Crippen LogP contribution is 2.23. The molecule has 0 fully saturated rings. The van der Waals surface area contributed by atoms with Crippen LogP contribution in [0.1, 0.15) is 10.7 Å². The molecule has 2 N–H and O–H groups in total. The molecule has 3 heterocycles. The van der Waals surface area contributed by atoms with Crippen LogP contribution in [-0.2, 0) is 6.42 Å². The van der Waals surface area contributed by atoms with E-state index in [1.54, 1.807) is 29.8 Å². The number of hydrogen-bond donors (Lipinski definition) is 1. The van der Waals surface area contributed by atoms with Crippen molar-refractivity contribution in [2.45, 2.75) is 6.42 Å². The minimum atomic E-state index is 0.432. The van der Waals surface area contributed by atoms with Gasteiger partial charge in [-0.1, -0.05) is 11.2 Å². The molecule has 6 heteroatoms. The predicted octanol–water partition coefficient (Wildman–Crippen LogP) is 2.37. The summed E-state index contributed by atoms with van der Waals surface area (Å²) in [5.41, 5.74) is 7.06. The maximum absolute atomic E-state index is 5.81. The third kappa shape index (κ3) is 2.10. The molecule has 0 radical (unpaired) electrons. The first-order valence-corrected chi connectivity index (χ1v) is 6.26. The summed E-state index contributed by atoms with van der Waals surface area (Å²) in [4.78, 5) is 9.46. The first-order chi connectivity index (χ1) is 8.83. The van der Waals surface area contributed by atoms with E-state index in [1.165, 1.54) is 4.88 Å². The fraction of sp³-hybridized carbons (Fsp3) is 0.0833. The molecule has 0 unspecified atom stereocenters. The molecule has 0 aliphatic heterocycles. The first kappa shape index (κ1) is 10.9. The van der Waals surface area contributed by atoms with E-state index in [9.17, 15) is 0 Å². The Kier molecular flexibility index (Phi) is 2.77. The molecule has 0 bridgehead atoms. The van der Waals surface area contributed by atoms with Gasteiger partial charge in [0.1, 0.15) is 0 Å². The fourth-order valence-corrected chi connectivity index (χ4v) is 2.31. The Morgan fingerprint density at radius 2 is 2.28 bits per heavy atom. The minimum Gasteiger partial charge on any atom is -0.397 e. The average Bonchev–Trinajstić information content (AvgIpc) is 3.02. The monoisotopic (exact) mass is 258 g/mol. The Morgan fingerprint density at radius 1 is 1.33 bits per heavy atom. The number of aromatic nitrogens is 3. The van der Waals surface area contributed by atoms with Gasteiger partial charge in [0.15, 0.2) is 5.82 Å². The smallest absolute Gasteiger partial charge is 0.260 e. The van der Waals surface area contributed by atoms with E-state index in [0.717, 1.165) is 5.56 Å². The van der Waals surface area contributed by atoms with Crippen molar-refractivity contribution in [3.63, 3.8) is 0 Å². The second-order valence-corrected chi connectivity index (χ2v) is 4.77. The molecule has 0 aliphatic rings. The number of nitrogens with zero attached hydrogens (tertiary/aromatic N) is 3. The lowest BCUT2D eigenvalue weighted by atomic mass is 10.2. The van der Waals surface area contributed by atoms with Gasteiger partial charge in [-0.05, 0) is 17.5 Å². The number of nitrogen functional groups attached to an aromatic ring is 1. The third-order valence-electron chi connectivity index (χ3n) is 2.46. The van der Waals surface area contributed by atoms with Gasteiger partial charge in [-0.3, -0.25) is 4.98 Å². The Hall–Kier alpha value is -2.21. The molecular weight excluding hydrogens is 248 g/mol. The lowest BCUT2D eigenvalue weighted by Gasteiger charge is -1.97. The summed E-state index contributed by atoms with van der Waals surface area (Å²) in [5.74, 6) is 1.09. The molecule has 0 aliphatic carbocycles. The zero-order valence-electron chi connectivity index (χ0n) is 9.41. The number of anilines is 1. The van der Waals surface area contributed by atoms with E-state index in [0.29, 0.717) is 23.8 Å². The van der Waals surface area contributed by atoms with Gasteiger partial charge in [0.2, 0.25) is 0 Å². The maximum Gasteiger partial charge on any atom is 0.260 e. The molecule has 0 aromatic carbocycles. The molecule has 0 atom stereocenters. The van der Waals surface area contributed by atoms with E-state index in [2.05, 4.69) is 15.1 Å². The molecule has 3 aromatic heterocycles. The van der Waals surface area contributed by atoms with Crippen LogP contribution in [-0.4, -0.2) is 15.1 Å². The second kappa shape index (κ2) is 4.58. The highest BCUT2D eigenvalue weighted by atomic mass is 32.1. The van der Waals surface area contributed by atoms with Crippen LogP contribution in [0.25, 0.3) is 11.5 Å². The third-order valence-corrected chi connectivity index (χ3v) is 3.34. The first-order valence-electron chi connectivity index (χ1n) is 5.38. The van der Waals surface area contributed by atoms with Crippen molar-refractivity contribution in [3.05, 3.63) is 46.7 Å². The van der Waals surface area contributed by atoms with Crippen LogP contribution in [0.5, 0.6) is 0 Å². The molecule has 0 spiro atoms. The van der Waals surface area contributed by atoms with Crippen LogP contribution >= 0.6 is 11.3 Å². The van der Waals surface area contributed by atoms with Crippen molar-refractivity contribution < 1.29 is 4.52 Å². The Labute approximate surface area is 107 Å². The molecular formula is C12H10N4OS. The van der Waals surface area contributed by atoms with Gasteiger partial charge in [0, 0.05) is 17.5 Å². The fourth-order valence-electron chi connectivity index (χ4n) is 1.61. The number of pyridine rings is 1. The average molecular weight is 258 g/mol. The van der Waals surface area contributed by atoms with Gasteiger partial charge in [-0.25, -0.2) is 0 Å². The van der Waals surface area contributed by atoms with Gasteiger partial charge >= 0.3 is 0 Å². The normalized spacial score (nSPS) is 10.7. The van der Waals surface area contributed by atoms with E-state index in [-0.39, 0.29) is 0 Å². The van der Waals surface area contributed by atoms with Crippen molar-refractivity contribution in [2.24, 2.45) is 0 Å². The summed E-state index contributed by atoms with van der Waals surface area (Å²) in [6, 6.07) is 5.81. The Bertz CT molecular complexity index is 648. The van der Waals surface area contributed by atoms with E-state index in [4.69, 9.17) is 10.3 Å². The van der Waals surface area contributed by atoms with E-state index in [1.807, 2.05) is 17.5 Å². The summed E-state index contributed by atoms with van der Waals surface area (Å²) in [6.07, 6.45) is 3.89. The van der Waals surface area contributed by atoms with Crippen molar-refractivity contribution in [2.75, 3.05) is 5.73 Å². The molecule has 0 saturated heterocycles.